The van der Waals surface area contributed by atoms with Crippen molar-refractivity contribution < 1.29 is 9.84 Å². The number of aliphatic hydroxyl groups excluding tert-OH is 1. The first-order chi connectivity index (χ1) is 9.76. The Bertz CT molecular complexity index is 329. The minimum Gasteiger partial charge on any atom is -0.389 e. The van der Waals surface area contributed by atoms with Crippen LogP contribution in [-0.4, -0.2) is 31.0 Å². The van der Waals surface area contributed by atoms with Crippen molar-refractivity contribution in [1.29, 1.82) is 0 Å². The average Bonchev–Trinajstić information content (AvgIpc) is 2.49. The summed E-state index contributed by atoms with van der Waals surface area (Å²) in [5.74, 6) is 0.629. The molecule has 2 atom stereocenters. The van der Waals surface area contributed by atoms with E-state index in [0.29, 0.717) is 19.1 Å². The normalized spacial score (nSPS) is 13.9. The average molecular weight is 279 g/mol. The highest BCUT2D eigenvalue weighted by atomic mass is 16.5. The minimum absolute atomic E-state index is 0.405. The zero-order valence-electron chi connectivity index (χ0n) is 12.8. The van der Waals surface area contributed by atoms with Gasteiger partial charge in [0.2, 0.25) is 0 Å². The van der Waals surface area contributed by atoms with E-state index >= 15 is 0 Å². The summed E-state index contributed by atoms with van der Waals surface area (Å²) in [6, 6.07) is 9.92. The SMILES string of the molecule is CCCCC(CC)COCC(O)CNc1ccccc1. The summed E-state index contributed by atoms with van der Waals surface area (Å²) in [5.41, 5.74) is 1.03. The van der Waals surface area contributed by atoms with Crippen molar-refractivity contribution in [1.82, 2.24) is 0 Å². The molecule has 0 spiro atoms. The largest absolute Gasteiger partial charge is 0.389 e. The van der Waals surface area contributed by atoms with Crippen LogP contribution in [-0.2, 0) is 4.74 Å². The van der Waals surface area contributed by atoms with Gasteiger partial charge in [0.1, 0.15) is 0 Å². The minimum atomic E-state index is -0.459. The molecule has 0 saturated carbocycles. The molecule has 1 aromatic rings. The third-order valence-corrected chi connectivity index (χ3v) is 3.52. The fourth-order valence-corrected chi connectivity index (χ4v) is 2.12. The Labute approximate surface area is 123 Å². The van der Waals surface area contributed by atoms with Crippen LogP contribution in [0.25, 0.3) is 0 Å². The molecule has 0 fully saturated rings. The Morgan fingerprint density at radius 2 is 1.90 bits per heavy atom. The molecular weight excluding hydrogens is 250 g/mol. The molecular formula is C17H29NO2. The van der Waals surface area contributed by atoms with Gasteiger partial charge >= 0.3 is 0 Å². The van der Waals surface area contributed by atoms with Crippen LogP contribution in [0.3, 0.4) is 0 Å². The van der Waals surface area contributed by atoms with Gasteiger partial charge in [-0.2, -0.15) is 0 Å². The highest BCUT2D eigenvalue weighted by molar-refractivity contribution is 5.42. The predicted molar refractivity (Wildman–Crippen MR) is 85.1 cm³/mol. The number of ether oxygens (including phenoxy) is 1. The molecule has 0 saturated heterocycles. The highest BCUT2D eigenvalue weighted by Crippen LogP contribution is 2.13. The Hall–Kier alpha value is -1.06. The van der Waals surface area contributed by atoms with Crippen molar-refractivity contribution in [2.45, 2.75) is 45.6 Å². The molecule has 3 heteroatoms. The van der Waals surface area contributed by atoms with Crippen LogP contribution in [0.1, 0.15) is 39.5 Å². The zero-order chi connectivity index (χ0) is 14.6. The second kappa shape index (κ2) is 10.7. The van der Waals surface area contributed by atoms with Crippen LogP contribution in [0.15, 0.2) is 30.3 Å². The number of para-hydroxylation sites is 1. The summed E-state index contributed by atoms with van der Waals surface area (Å²) < 4.78 is 5.64. The van der Waals surface area contributed by atoms with Crippen LogP contribution in [0.4, 0.5) is 5.69 Å². The summed E-state index contributed by atoms with van der Waals surface area (Å²) in [6.07, 6.45) is 4.42. The van der Waals surface area contributed by atoms with E-state index in [1.165, 1.54) is 19.3 Å². The first kappa shape index (κ1) is 17.0. The summed E-state index contributed by atoms with van der Waals surface area (Å²) >= 11 is 0. The zero-order valence-corrected chi connectivity index (χ0v) is 12.8. The van der Waals surface area contributed by atoms with Crippen LogP contribution in [0.5, 0.6) is 0 Å². The Morgan fingerprint density at radius 3 is 2.55 bits per heavy atom. The number of benzene rings is 1. The number of hydrogen-bond acceptors (Lipinski definition) is 3. The summed E-state index contributed by atoms with van der Waals surface area (Å²) in [4.78, 5) is 0. The lowest BCUT2D eigenvalue weighted by Gasteiger charge is -2.17. The van der Waals surface area contributed by atoms with E-state index in [-0.39, 0.29) is 0 Å². The highest BCUT2D eigenvalue weighted by Gasteiger charge is 2.08. The second-order valence-electron chi connectivity index (χ2n) is 5.35. The van der Waals surface area contributed by atoms with E-state index in [0.717, 1.165) is 18.7 Å². The van der Waals surface area contributed by atoms with Crippen molar-refractivity contribution in [3.63, 3.8) is 0 Å². The Kier molecular flexibility index (Phi) is 9.09. The van der Waals surface area contributed by atoms with Crippen molar-refractivity contribution >= 4 is 5.69 Å². The molecule has 2 N–H and O–H groups in total. The Balaban J connectivity index is 2.11. The molecule has 1 rings (SSSR count). The molecule has 0 amide bonds. The maximum Gasteiger partial charge on any atom is 0.0945 e. The van der Waals surface area contributed by atoms with Crippen molar-refractivity contribution in [2.75, 3.05) is 25.1 Å². The molecule has 0 radical (unpaired) electrons. The van der Waals surface area contributed by atoms with Crippen molar-refractivity contribution in [2.24, 2.45) is 5.92 Å². The standard InChI is InChI=1S/C17H29NO2/c1-3-5-9-15(4-2)13-20-14-17(19)12-18-16-10-7-6-8-11-16/h6-8,10-11,15,17-19H,3-5,9,12-14H2,1-2H3. The number of hydrogen-bond donors (Lipinski definition) is 2. The number of rotatable bonds is 11. The van der Waals surface area contributed by atoms with E-state index in [9.17, 15) is 5.11 Å². The van der Waals surface area contributed by atoms with Crippen LogP contribution >= 0.6 is 0 Å². The molecule has 0 heterocycles. The fraction of sp³-hybridized carbons (Fsp3) is 0.647. The van der Waals surface area contributed by atoms with Crippen LogP contribution in [0, 0.1) is 5.92 Å². The molecule has 0 aliphatic heterocycles. The van der Waals surface area contributed by atoms with Crippen LogP contribution < -0.4 is 5.32 Å². The monoisotopic (exact) mass is 279 g/mol. The number of aliphatic hydroxyl groups is 1. The number of nitrogens with one attached hydrogen (secondary N) is 1. The van der Waals surface area contributed by atoms with Crippen molar-refractivity contribution in [3.05, 3.63) is 30.3 Å². The topological polar surface area (TPSA) is 41.5 Å². The first-order valence-corrected chi connectivity index (χ1v) is 7.81. The lowest BCUT2D eigenvalue weighted by atomic mass is 10.0. The summed E-state index contributed by atoms with van der Waals surface area (Å²) in [7, 11) is 0. The van der Waals surface area contributed by atoms with Gasteiger partial charge in [0.05, 0.1) is 12.7 Å². The van der Waals surface area contributed by atoms with Gasteiger partial charge in [0.15, 0.2) is 0 Å². The molecule has 3 nitrogen and oxygen atoms in total. The van der Waals surface area contributed by atoms with E-state index in [1.54, 1.807) is 0 Å². The molecule has 0 bridgehead atoms. The lowest BCUT2D eigenvalue weighted by molar-refractivity contribution is 0.0245. The van der Waals surface area contributed by atoms with E-state index in [2.05, 4.69) is 19.2 Å². The van der Waals surface area contributed by atoms with Gasteiger partial charge in [-0.3, -0.25) is 0 Å². The third kappa shape index (κ3) is 7.51. The molecule has 114 valence electrons. The molecule has 0 aliphatic carbocycles. The molecule has 2 unspecified atom stereocenters. The summed E-state index contributed by atoms with van der Waals surface area (Å²) in [5, 5.41) is 13.1. The number of unbranched alkanes of at least 4 members (excludes halogenated alkanes) is 1. The van der Waals surface area contributed by atoms with Gasteiger partial charge in [-0.1, -0.05) is 51.3 Å². The molecule has 1 aromatic carbocycles. The van der Waals surface area contributed by atoms with Gasteiger partial charge in [-0.15, -0.1) is 0 Å². The lowest BCUT2D eigenvalue weighted by Crippen LogP contribution is -2.26. The summed E-state index contributed by atoms with van der Waals surface area (Å²) in [6.45, 7) is 6.11. The van der Waals surface area contributed by atoms with Gasteiger partial charge in [0.25, 0.3) is 0 Å². The van der Waals surface area contributed by atoms with Gasteiger partial charge in [-0.05, 0) is 24.5 Å². The van der Waals surface area contributed by atoms with Gasteiger partial charge in [-0.25, -0.2) is 0 Å². The predicted octanol–water partition coefficient (Wildman–Crippen LogP) is 3.69. The molecule has 20 heavy (non-hydrogen) atoms. The molecule has 0 aromatic heterocycles. The van der Waals surface area contributed by atoms with Crippen LogP contribution in [0.2, 0.25) is 0 Å². The van der Waals surface area contributed by atoms with E-state index < -0.39 is 6.10 Å². The first-order valence-electron chi connectivity index (χ1n) is 7.81. The fourth-order valence-electron chi connectivity index (χ4n) is 2.12. The third-order valence-electron chi connectivity index (χ3n) is 3.52. The van der Waals surface area contributed by atoms with Crippen molar-refractivity contribution in [3.8, 4) is 0 Å². The van der Waals surface area contributed by atoms with E-state index in [1.807, 2.05) is 30.3 Å². The van der Waals surface area contributed by atoms with Gasteiger partial charge < -0.3 is 15.2 Å². The Morgan fingerprint density at radius 1 is 1.15 bits per heavy atom. The van der Waals surface area contributed by atoms with Gasteiger partial charge in [0, 0.05) is 18.8 Å². The number of anilines is 1. The second-order valence-corrected chi connectivity index (χ2v) is 5.35. The maximum atomic E-state index is 9.88. The van der Waals surface area contributed by atoms with E-state index in [4.69, 9.17) is 4.74 Å². The quantitative estimate of drug-likeness (QED) is 0.649. The smallest absolute Gasteiger partial charge is 0.0945 e. The maximum absolute atomic E-state index is 9.88. The molecule has 0 aliphatic rings.